The Morgan fingerprint density at radius 2 is 2.03 bits per heavy atom. The van der Waals surface area contributed by atoms with Gasteiger partial charge in [0.2, 0.25) is 6.23 Å². The summed E-state index contributed by atoms with van der Waals surface area (Å²) in [4.78, 5) is 45.4. The summed E-state index contributed by atoms with van der Waals surface area (Å²) < 4.78 is 60.0. The van der Waals surface area contributed by atoms with E-state index in [1.54, 1.807) is 6.07 Å². The van der Waals surface area contributed by atoms with E-state index in [1.807, 2.05) is 26.0 Å². The van der Waals surface area contributed by atoms with Crippen molar-refractivity contribution < 1.29 is 51.4 Å². The van der Waals surface area contributed by atoms with Crippen LogP contribution in [0.2, 0.25) is 0 Å². The predicted molar refractivity (Wildman–Crippen MR) is 121 cm³/mol. The number of aliphatic hydroxyl groups is 1. The number of nitrogens with zero attached hydrogens (tertiary/aromatic N) is 2. The lowest BCUT2D eigenvalue weighted by molar-refractivity contribution is -0.140. The molecule has 13 nitrogen and oxygen atoms in total. The molecule has 3 heterocycles. The molecule has 1 aliphatic rings. The van der Waals surface area contributed by atoms with Gasteiger partial charge in [0, 0.05) is 11.6 Å². The number of fused-ring (bicyclic) bond motifs is 1. The Balaban J connectivity index is 1.40. The lowest BCUT2D eigenvalue weighted by Gasteiger charge is -2.21. The van der Waals surface area contributed by atoms with Crippen molar-refractivity contribution in [2.75, 3.05) is 11.9 Å². The van der Waals surface area contributed by atoms with E-state index >= 15 is 0 Å². The molecule has 0 bridgehead atoms. The van der Waals surface area contributed by atoms with Gasteiger partial charge in [-0.2, -0.15) is 13.8 Å². The lowest BCUT2D eigenvalue weighted by Crippen LogP contribution is -2.42. The van der Waals surface area contributed by atoms with E-state index in [0.29, 0.717) is 15.9 Å². The number of hydrogen-bond donors (Lipinski definition) is 4. The lowest BCUT2D eigenvalue weighted by atomic mass is 10.1. The van der Waals surface area contributed by atoms with Crippen molar-refractivity contribution >= 4 is 30.7 Å². The summed E-state index contributed by atoms with van der Waals surface area (Å²) in [6.07, 6.45) is -6.89. The van der Waals surface area contributed by atoms with Gasteiger partial charge >= 0.3 is 25.5 Å². The summed E-state index contributed by atoms with van der Waals surface area (Å²) in [6, 6.07) is 6.59. The van der Waals surface area contributed by atoms with Crippen molar-refractivity contribution in [3.05, 3.63) is 57.8 Å². The molecule has 1 fully saturated rings. The number of phosphoric acid groups is 1. The number of halogens is 2. The molecule has 1 unspecified atom stereocenters. The Labute approximate surface area is 206 Å². The zero-order chi connectivity index (χ0) is 27.1. The third-order valence-electron chi connectivity index (χ3n) is 5.44. The fraction of sp³-hybridized carbons (Fsp3) is 0.381. The Bertz CT molecular complexity index is 1440. The molecule has 200 valence electrons. The maximum absolute atomic E-state index is 14.5. The Hall–Kier alpha value is -3.20. The first-order chi connectivity index (χ1) is 17.2. The average molecular weight is 545 g/mol. The van der Waals surface area contributed by atoms with Crippen molar-refractivity contribution in [3.63, 3.8) is 0 Å². The van der Waals surface area contributed by atoms with Crippen molar-refractivity contribution in [1.82, 2.24) is 9.55 Å². The molecule has 4 N–H and O–H groups in total. The second-order valence-electron chi connectivity index (χ2n) is 8.35. The van der Waals surface area contributed by atoms with Crippen LogP contribution >= 0.6 is 7.82 Å². The number of aliphatic hydroxyl groups excluding tert-OH is 1. The highest BCUT2D eigenvalue weighted by Gasteiger charge is 2.60. The molecule has 0 radical (unpaired) electrons. The summed E-state index contributed by atoms with van der Waals surface area (Å²) in [7, 11) is -5.02. The van der Waals surface area contributed by atoms with Crippen LogP contribution in [0.15, 0.2) is 39.7 Å². The summed E-state index contributed by atoms with van der Waals surface area (Å²) in [5.41, 5.74) is 1.34. The van der Waals surface area contributed by atoms with Crippen molar-refractivity contribution in [2.45, 2.75) is 44.8 Å². The minimum atomic E-state index is -5.02. The van der Waals surface area contributed by atoms with Crippen LogP contribution in [0.1, 0.15) is 23.1 Å². The van der Waals surface area contributed by atoms with Gasteiger partial charge in [-0.3, -0.25) is 14.4 Å². The molecule has 0 saturated carbocycles. The number of ether oxygens (including phenoxy) is 2. The van der Waals surface area contributed by atoms with Gasteiger partial charge in [0.25, 0.3) is 0 Å². The minimum absolute atomic E-state index is 0.228. The SMILES string of the molecule is Cc1cc(C)c2oc(COC(=O)Nc3ccn([C@@H]4OC(COP(=O)(O)O)[C@@H](O)C4(F)F)c(=O)n3)cc2c1. The highest BCUT2D eigenvalue weighted by Crippen LogP contribution is 2.44. The number of furan rings is 1. The smallest absolute Gasteiger partial charge is 0.457 e. The largest absolute Gasteiger partial charge is 0.469 e. The zero-order valence-corrected chi connectivity index (χ0v) is 20.2. The fourth-order valence-electron chi connectivity index (χ4n) is 3.85. The quantitative estimate of drug-likeness (QED) is 0.320. The second kappa shape index (κ2) is 9.93. The Morgan fingerprint density at radius 1 is 1.30 bits per heavy atom. The molecule has 0 aliphatic carbocycles. The molecule has 3 aromatic rings. The molecule has 3 atom stereocenters. The van der Waals surface area contributed by atoms with Crippen LogP contribution in [-0.4, -0.2) is 55.3 Å². The molecule has 4 rings (SSSR count). The molecule has 16 heteroatoms. The van der Waals surface area contributed by atoms with E-state index in [4.69, 9.17) is 23.7 Å². The van der Waals surface area contributed by atoms with Crippen LogP contribution in [0.5, 0.6) is 0 Å². The maximum Gasteiger partial charge on any atom is 0.469 e. The van der Waals surface area contributed by atoms with E-state index in [-0.39, 0.29) is 12.4 Å². The average Bonchev–Trinajstić information content (AvgIpc) is 3.29. The number of carbonyl (C=O) groups is 1. The molecule has 1 amide bonds. The summed E-state index contributed by atoms with van der Waals surface area (Å²) in [6.45, 7) is 2.53. The van der Waals surface area contributed by atoms with Crippen molar-refractivity contribution in [2.24, 2.45) is 0 Å². The number of anilines is 1. The van der Waals surface area contributed by atoms with Gasteiger partial charge in [-0.25, -0.2) is 14.2 Å². The molecule has 0 spiro atoms. The Morgan fingerprint density at radius 3 is 2.70 bits per heavy atom. The number of alkyl halides is 2. The number of aromatic nitrogens is 2. The van der Waals surface area contributed by atoms with Gasteiger partial charge < -0.3 is 28.8 Å². The standard InChI is InChI=1S/C21H22F2N3O10P/c1-10-5-11(2)16-12(6-10)7-13(35-16)8-33-20(29)25-15-3-4-26(19(28)24-15)18-21(22,23)17(27)14(36-18)9-34-37(30,31)32/h3-7,14,17-18,27H,8-9H2,1-2H3,(H2,30,31,32)(H,24,25,28,29)/t14?,17-,18-/m1/s1. The number of amides is 1. The van der Waals surface area contributed by atoms with E-state index in [9.17, 15) is 28.0 Å². The highest BCUT2D eigenvalue weighted by molar-refractivity contribution is 7.46. The fourth-order valence-corrected chi connectivity index (χ4v) is 4.19. The van der Waals surface area contributed by atoms with Gasteiger partial charge in [0.15, 0.2) is 12.7 Å². The topological polar surface area (TPSA) is 183 Å². The molecule has 1 saturated heterocycles. The monoisotopic (exact) mass is 545 g/mol. The zero-order valence-electron chi connectivity index (χ0n) is 19.3. The first kappa shape index (κ1) is 26.9. The molecular formula is C21H22F2N3O10P. The second-order valence-corrected chi connectivity index (χ2v) is 9.59. The molecular weight excluding hydrogens is 523 g/mol. The van der Waals surface area contributed by atoms with Crippen LogP contribution in [0, 0.1) is 13.8 Å². The predicted octanol–water partition coefficient (Wildman–Crippen LogP) is 2.36. The van der Waals surface area contributed by atoms with Gasteiger partial charge in [-0.1, -0.05) is 11.6 Å². The van der Waals surface area contributed by atoms with E-state index < -0.39 is 50.6 Å². The summed E-state index contributed by atoms with van der Waals surface area (Å²) in [5, 5.41) is 12.8. The van der Waals surface area contributed by atoms with E-state index in [1.165, 1.54) is 0 Å². The summed E-state index contributed by atoms with van der Waals surface area (Å²) in [5.74, 6) is -3.98. The van der Waals surface area contributed by atoms with Gasteiger partial charge in [0.05, 0.1) is 6.61 Å². The first-order valence-corrected chi connectivity index (χ1v) is 12.2. The highest BCUT2D eigenvalue weighted by atomic mass is 31.2. The number of aryl methyl sites for hydroxylation is 2. The molecule has 1 aliphatic heterocycles. The number of phosphoric ester groups is 1. The maximum atomic E-state index is 14.5. The van der Waals surface area contributed by atoms with Crippen LogP contribution in [0.25, 0.3) is 11.0 Å². The van der Waals surface area contributed by atoms with Crippen LogP contribution in [0.3, 0.4) is 0 Å². The van der Waals surface area contributed by atoms with Crippen LogP contribution < -0.4 is 11.0 Å². The molecule has 2 aromatic heterocycles. The van der Waals surface area contributed by atoms with Crippen molar-refractivity contribution in [1.29, 1.82) is 0 Å². The first-order valence-electron chi connectivity index (χ1n) is 10.7. The normalized spacial score (nSPS) is 21.3. The Kier molecular flexibility index (Phi) is 7.21. The van der Waals surface area contributed by atoms with E-state index in [2.05, 4.69) is 14.8 Å². The van der Waals surface area contributed by atoms with Gasteiger partial charge in [0.1, 0.15) is 23.3 Å². The molecule has 37 heavy (non-hydrogen) atoms. The number of carbonyl (C=O) groups excluding carboxylic acids is 1. The third kappa shape index (κ3) is 5.87. The minimum Gasteiger partial charge on any atom is -0.457 e. The van der Waals surface area contributed by atoms with Gasteiger partial charge in [-0.15, -0.1) is 0 Å². The number of hydrogen-bond acceptors (Lipinski definition) is 9. The molecule has 1 aromatic carbocycles. The van der Waals surface area contributed by atoms with Crippen LogP contribution in [0.4, 0.5) is 19.4 Å². The summed E-state index contributed by atoms with van der Waals surface area (Å²) >= 11 is 0. The number of rotatable bonds is 7. The number of benzene rings is 1. The van der Waals surface area contributed by atoms with Gasteiger partial charge in [-0.05, 0) is 37.6 Å². The number of nitrogens with one attached hydrogen (secondary N) is 1. The van der Waals surface area contributed by atoms with E-state index in [0.717, 1.165) is 28.8 Å². The van der Waals surface area contributed by atoms with Crippen molar-refractivity contribution in [3.8, 4) is 0 Å². The van der Waals surface area contributed by atoms with Crippen LogP contribution in [-0.2, 0) is 25.2 Å². The third-order valence-corrected chi connectivity index (χ3v) is 5.93.